The van der Waals surface area contributed by atoms with Crippen LogP contribution in [0.1, 0.15) is 31.7 Å². The summed E-state index contributed by atoms with van der Waals surface area (Å²) < 4.78 is 0. The zero-order valence-corrected chi connectivity index (χ0v) is 13.0. The summed E-state index contributed by atoms with van der Waals surface area (Å²) >= 11 is 1.62. The summed E-state index contributed by atoms with van der Waals surface area (Å²) in [5.74, 6) is 0.971. The number of anilines is 1. The van der Waals surface area contributed by atoms with Crippen molar-refractivity contribution in [1.29, 1.82) is 0 Å². The summed E-state index contributed by atoms with van der Waals surface area (Å²) in [4.78, 5) is 3.42. The van der Waals surface area contributed by atoms with Gasteiger partial charge in [0.25, 0.3) is 0 Å². The maximum Gasteiger partial charge on any atom is 0.173 e. The third kappa shape index (κ3) is 3.20. The van der Waals surface area contributed by atoms with E-state index in [0.717, 1.165) is 35.2 Å². The lowest BCUT2D eigenvalue weighted by Crippen LogP contribution is -2.28. The van der Waals surface area contributed by atoms with Gasteiger partial charge in [0, 0.05) is 23.7 Å². The highest BCUT2D eigenvalue weighted by Crippen LogP contribution is 2.31. The van der Waals surface area contributed by atoms with Gasteiger partial charge < -0.3 is 15.8 Å². The summed E-state index contributed by atoms with van der Waals surface area (Å²) in [7, 11) is 0. The summed E-state index contributed by atoms with van der Waals surface area (Å²) in [6.45, 7) is 4.38. The highest BCUT2D eigenvalue weighted by atomic mass is 32.2. The average molecular weight is 293 g/mol. The normalized spacial score (nSPS) is 20.8. The maximum atomic E-state index is 9.06. The van der Waals surface area contributed by atoms with Crippen molar-refractivity contribution in [1.82, 2.24) is 0 Å². The van der Waals surface area contributed by atoms with Gasteiger partial charge in [0.05, 0.1) is 5.56 Å². The zero-order chi connectivity index (χ0) is 14.5. The van der Waals surface area contributed by atoms with E-state index in [9.17, 15) is 0 Å². The van der Waals surface area contributed by atoms with E-state index in [2.05, 4.69) is 23.0 Å². The monoisotopic (exact) mass is 293 g/mol. The van der Waals surface area contributed by atoms with Gasteiger partial charge in [0.1, 0.15) is 0 Å². The first kappa shape index (κ1) is 15.0. The lowest BCUT2D eigenvalue weighted by molar-refractivity contribution is 0.318. The molecule has 0 saturated carbocycles. The van der Waals surface area contributed by atoms with Gasteiger partial charge in [-0.05, 0) is 43.6 Å². The Morgan fingerprint density at radius 1 is 1.40 bits per heavy atom. The minimum absolute atomic E-state index is 0.197. The Morgan fingerprint density at radius 2 is 2.20 bits per heavy atom. The molecule has 4 nitrogen and oxygen atoms in total. The van der Waals surface area contributed by atoms with Crippen molar-refractivity contribution in [3.63, 3.8) is 0 Å². The number of amidine groups is 1. The average Bonchev–Trinajstić information content (AvgIpc) is 2.70. The van der Waals surface area contributed by atoms with Crippen LogP contribution < -0.4 is 10.6 Å². The number of hydrogen-bond acceptors (Lipinski definition) is 4. The molecule has 20 heavy (non-hydrogen) atoms. The zero-order valence-electron chi connectivity index (χ0n) is 12.2. The number of nitrogens with two attached hydrogens (primary N) is 1. The molecule has 1 saturated heterocycles. The van der Waals surface area contributed by atoms with E-state index in [1.165, 1.54) is 19.3 Å². The Bertz CT molecular complexity index is 490. The van der Waals surface area contributed by atoms with E-state index >= 15 is 0 Å². The summed E-state index contributed by atoms with van der Waals surface area (Å²) in [6.07, 6.45) is 5.68. The van der Waals surface area contributed by atoms with E-state index in [-0.39, 0.29) is 5.84 Å². The molecule has 1 aliphatic rings. The van der Waals surface area contributed by atoms with Gasteiger partial charge in [-0.1, -0.05) is 18.1 Å². The Labute approximate surface area is 125 Å². The molecule has 1 aliphatic heterocycles. The van der Waals surface area contributed by atoms with Crippen molar-refractivity contribution >= 4 is 23.3 Å². The second-order valence-corrected chi connectivity index (χ2v) is 6.21. The van der Waals surface area contributed by atoms with Gasteiger partial charge in [-0.3, -0.25) is 0 Å². The van der Waals surface area contributed by atoms with Gasteiger partial charge in [0.2, 0.25) is 0 Å². The topological polar surface area (TPSA) is 61.8 Å². The maximum absolute atomic E-state index is 9.06. The van der Waals surface area contributed by atoms with Crippen LogP contribution in [0.2, 0.25) is 0 Å². The minimum atomic E-state index is 0.197. The summed E-state index contributed by atoms with van der Waals surface area (Å²) in [6, 6.07) is 6.13. The molecular weight excluding hydrogens is 270 g/mol. The molecule has 0 radical (unpaired) electrons. The Hall–Kier alpha value is -1.36. The standard InChI is InChI=1S/C15H23N3OS/c1-11-5-4-9-18(10-8-11)12-6-3-7-13(20-2)14(12)15(16)17-19/h3,6-7,11,19H,4-5,8-10H2,1-2H3,(H2,16,17). The fourth-order valence-corrected chi connectivity index (χ4v) is 3.39. The quantitative estimate of drug-likeness (QED) is 0.295. The smallest absolute Gasteiger partial charge is 0.173 e. The van der Waals surface area contributed by atoms with Gasteiger partial charge in [-0.25, -0.2) is 0 Å². The molecule has 0 aliphatic carbocycles. The van der Waals surface area contributed by atoms with Crippen molar-refractivity contribution in [3.05, 3.63) is 23.8 Å². The Morgan fingerprint density at radius 3 is 2.90 bits per heavy atom. The molecule has 0 aromatic heterocycles. The van der Waals surface area contributed by atoms with Gasteiger partial charge >= 0.3 is 0 Å². The predicted molar refractivity (Wildman–Crippen MR) is 86.0 cm³/mol. The van der Waals surface area contributed by atoms with Crippen molar-refractivity contribution in [2.75, 3.05) is 24.2 Å². The molecule has 2 rings (SSSR count). The Balaban J connectivity index is 2.39. The van der Waals surface area contributed by atoms with E-state index in [1.807, 2.05) is 18.4 Å². The van der Waals surface area contributed by atoms with Crippen molar-refractivity contribution in [2.45, 2.75) is 31.1 Å². The molecule has 1 atom stereocenters. The van der Waals surface area contributed by atoms with Crippen LogP contribution in [-0.4, -0.2) is 30.4 Å². The number of hydrogen-bond donors (Lipinski definition) is 2. The molecule has 0 bridgehead atoms. The van der Waals surface area contributed by atoms with Crippen LogP contribution in [0.25, 0.3) is 0 Å². The van der Waals surface area contributed by atoms with Crippen LogP contribution in [0.4, 0.5) is 5.69 Å². The third-order valence-electron chi connectivity index (χ3n) is 3.95. The summed E-state index contributed by atoms with van der Waals surface area (Å²) in [5.41, 5.74) is 7.85. The predicted octanol–water partition coefficient (Wildman–Crippen LogP) is 3.13. The number of nitrogens with zero attached hydrogens (tertiary/aromatic N) is 2. The van der Waals surface area contributed by atoms with Crippen LogP contribution in [0.3, 0.4) is 0 Å². The SMILES string of the molecule is CSc1cccc(N2CCCC(C)CC2)c1/C(N)=N/O. The fraction of sp³-hybridized carbons (Fsp3) is 0.533. The lowest BCUT2D eigenvalue weighted by atomic mass is 10.0. The van der Waals surface area contributed by atoms with E-state index in [1.54, 1.807) is 11.8 Å². The lowest BCUT2D eigenvalue weighted by Gasteiger charge is -2.26. The van der Waals surface area contributed by atoms with E-state index in [0.29, 0.717) is 0 Å². The van der Waals surface area contributed by atoms with Crippen molar-refractivity contribution in [2.24, 2.45) is 16.8 Å². The van der Waals surface area contributed by atoms with E-state index < -0.39 is 0 Å². The molecule has 1 heterocycles. The molecule has 1 unspecified atom stereocenters. The van der Waals surface area contributed by atoms with E-state index in [4.69, 9.17) is 10.9 Å². The minimum Gasteiger partial charge on any atom is -0.409 e. The molecule has 1 aromatic carbocycles. The molecule has 3 N–H and O–H groups in total. The molecule has 110 valence electrons. The molecular formula is C15H23N3OS. The largest absolute Gasteiger partial charge is 0.409 e. The molecule has 0 spiro atoms. The summed E-state index contributed by atoms with van der Waals surface area (Å²) in [5, 5.41) is 12.3. The third-order valence-corrected chi connectivity index (χ3v) is 4.73. The number of oxime groups is 1. The first-order valence-electron chi connectivity index (χ1n) is 7.07. The van der Waals surface area contributed by atoms with Crippen LogP contribution in [0.5, 0.6) is 0 Å². The molecule has 1 aromatic rings. The van der Waals surface area contributed by atoms with Gasteiger partial charge in [0.15, 0.2) is 5.84 Å². The number of benzene rings is 1. The number of thioether (sulfide) groups is 1. The highest BCUT2D eigenvalue weighted by molar-refractivity contribution is 7.98. The fourth-order valence-electron chi connectivity index (χ4n) is 2.76. The molecule has 5 heteroatoms. The van der Waals surface area contributed by atoms with Crippen LogP contribution in [-0.2, 0) is 0 Å². The van der Waals surface area contributed by atoms with Gasteiger partial charge in [-0.2, -0.15) is 0 Å². The van der Waals surface area contributed by atoms with Crippen LogP contribution in [0, 0.1) is 5.92 Å². The van der Waals surface area contributed by atoms with Crippen molar-refractivity contribution < 1.29 is 5.21 Å². The highest BCUT2D eigenvalue weighted by Gasteiger charge is 2.20. The number of rotatable bonds is 3. The second kappa shape index (κ2) is 6.88. The first-order valence-corrected chi connectivity index (χ1v) is 8.29. The van der Waals surface area contributed by atoms with Gasteiger partial charge in [-0.15, -0.1) is 11.8 Å². The van der Waals surface area contributed by atoms with Crippen LogP contribution in [0.15, 0.2) is 28.3 Å². The first-order chi connectivity index (χ1) is 9.67. The second-order valence-electron chi connectivity index (χ2n) is 5.36. The van der Waals surface area contributed by atoms with Crippen LogP contribution >= 0.6 is 11.8 Å². The molecule has 0 amide bonds. The molecule has 1 fully saturated rings. The van der Waals surface area contributed by atoms with Crippen molar-refractivity contribution in [3.8, 4) is 0 Å². The Kier molecular flexibility index (Phi) is 5.17.